The largest absolute Gasteiger partial charge is 0.476 e. The Bertz CT molecular complexity index is 398. The summed E-state index contributed by atoms with van der Waals surface area (Å²) in [6.07, 6.45) is 4.61. The van der Waals surface area contributed by atoms with E-state index in [1.807, 2.05) is 0 Å². The van der Waals surface area contributed by atoms with Gasteiger partial charge >= 0.3 is 5.97 Å². The molecule has 1 rings (SSSR count). The van der Waals surface area contributed by atoms with Gasteiger partial charge in [0.15, 0.2) is 0 Å². The zero-order valence-corrected chi connectivity index (χ0v) is 8.64. The number of aryl methyl sites for hydroxylation is 1. The maximum absolute atomic E-state index is 11.1. The van der Waals surface area contributed by atoms with Crippen molar-refractivity contribution in [2.24, 2.45) is 0 Å². The molecule has 0 saturated carbocycles. The molecule has 0 aliphatic heterocycles. The predicted molar refractivity (Wildman–Crippen MR) is 55.0 cm³/mol. The first-order valence-corrected chi connectivity index (χ1v) is 4.96. The third-order valence-corrected chi connectivity index (χ3v) is 2.05. The van der Waals surface area contributed by atoms with Crippen LogP contribution in [0, 0.1) is 0 Å². The minimum Gasteiger partial charge on any atom is -0.476 e. The lowest BCUT2D eigenvalue weighted by atomic mass is 10.2. The van der Waals surface area contributed by atoms with Crippen LogP contribution >= 0.6 is 0 Å². The summed E-state index contributed by atoms with van der Waals surface area (Å²) in [6.45, 7) is 2.73. The van der Waals surface area contributed by atoms with Crippen LogP contribution < -0.4 is 5.43 Å². The highest BCUT2D eigenvalue weighted by Crippen LogP contribution is 1.97. The van der Waals surface area contributed by atoms with Gasteiger partial charge in [-0.2, -0.15) is 5.10 Å². The summed E-state index contributed by atoms with van der Waals surface area (Å²) in [4.78, 5) is 21.7. The fourth-order valence-electron chi connectivity index (χ4n) is 1.24. The van der Waals surface area contributed by atoms with Gasteiger partial charge in [-0.1, -0.05) is 19.8 Å². The summed E-state index contributed by atoms with van der Waals surface area (Å²) in [5.74, 6) is -1.27. The van der Waals surface area contributed by atoms with Crippen molar-refractivity contribution in [2.45, 2.75) is 32.7 Å². The molecule has 5 heteroatoms. The van der Waals surface area contributed by atoms with Crippen molar-refractivity contribution in [2.75, 3.05) is 0 Å². The molecule has 1 aromatic rings. The van der Waals surface area contributed by atoms with Gasteiger partial charge in [0.1, 0.15) is 0 Å². The molecule has 0 unspecified atom stereocenters. The van der Waals surface area contributed by atoms with Crippen molar-refractivity contribution in [3.05, 3.63) is 28.2 Å². The number of carboxylic acid groups (broad SMARTS) is 1. The smallest absolute Gasteiger partial charge is 0.360 e. The Kier molecular flexibility index (Phi) is 4.03. The molecule has 0 fully saturated rings. The maximum Gasteiger partial charge on any atom is 0.360 e. The molecule has 0 spiro atoms. The number of rotatable bonds is 5. The second-order valence-electron chi connectivity index (χ2n) is 3.30. The molecule has 0 saturated heterocycles. The highest BCUT2D eigenvalue weighted by molar-refractivity contribution is 5.84. The van der Waals surface area contributed by atoms with Crippen molar-refractivity contribution >= 4 is 5.97 Å². The van der Waals surface area contributed by atoms with E-state index in [0.717, 1.165) is 19.3 Å². The molecule has 0 radical (unpaired) electrons. The lowest BCUT2D eigenvalue weighted by Gasteiger charge is -2.04. The normalized spacial score (nSPS) is 10.2. The molecule has 0 bridgehead atoms. The van der Waals surface area contributed by atoms with Crippen LogP contribution in [-0.2, 0) is 6.54 Å². The third-order valence-electron chi connectivity index (χ3n) is 2.05. The summed E-state index contributed by atoms with van der Waals surface area (Å²) in [7, 11) is 0. The fourth-order valence-corrected chi connectivity index (χ4v) is 1.24. The SMILES string of the molecule is CCCCCn1ccc(=O)c(C(=O)O)n1. The molecular formula is C10H14N2O3. The first kappa shape index (κ1) is 11.4. The molecule has 0 aliphatic carbocycles. The number of carbonyl (C=O) groups is 1. The zero-order valence-electron chi connectivity index (χ0n) is 8.64. The van der Waals surface area contributed by atoms with Crippen molar-refractivity contribution in [1.82, 2.24) is 9.78 Å². The molecule has 82 valence electrons. The van der Waals surface area contributed by atoms with E-state index < -0.39 is 17.1 Å². The van der Waals surface area contributed by atoms with Crippen LogP contribution in [-0.4, -0.2) is 20.9 Å². The van der Waals surface area contributed by atoms with E-state index in [4.69, 9.17) is 5.11 Å². The number of unbranched alkanes of at least 4 members (excludes halogenated alkanes) is 2. The standard InChI is InChI=1S/C10H14N2O3/c1-2-3-4-6-12-7-5-8(13)9(11-12)10(14)15/h5,7H,2-4,6H2,1H3,(H,14,15). The Labute approximate surface area is 87.4 Å². The summed E-state index contributed by atoms with van der Waals surface area (Å²) in [5.41, 5.74) is -0.955. The molecule has 5 nitrogen and oxygen atoms in total. The second kappa shape index (κ2) is 5.29. The predicted octanol–water partition coefficient (Wildman–Crippen LogP) is 1.13. The first-order valence-electron chi connectivity index (χ1n) is 4.96. The Balaban J connectivity index is 2.79. The minimum atomic E-state index is -1.27. The fraction of sp³-hybridized carbons (Fsp3) is 0.500. The van der Waals surface area contributed by atoms with Gasteiger partial charge in [0.05, 0.1) is 0 Å². The lowest BCUT2D eigenvalue weighted by molar-refractivity contribution is 0.0686. The van der Waals surface area contributed by atoms with Gasteiger partial charge in [-0.05, 0) is 6.42 Å². The molecule has 15 heavy (non-hydrogen) atoms. The van der Waals surface area contributed by atoms with E-state index in [2.05, 4.69) is 12.0 Å². The number of carboxylic acids is 1. The summed E-state index contributed by atoms with van der Waals surface area (Å²) >= 11 is 0. The monoisotopic (exact) mass is 210 g/mol. The quantitative estimate of drug-likeness (QED) is 0.739. The van der Waals surface area contributed by atoms with Gasteiger partial charge in [-0.15, -0.1) is 0 Å². The highest BCUT2D eigenvalue weighted by Gasteiger charge is 2.09. The molecule has 1 N–H and O–H groups in total. The molecule has 0 amide bonds. The van der Waals surface area contributed by atoms with E-state index in [-0.39, 0.29) is 0 Å². The number of hydrogen-bond acceptors (Lipinski definition) is 3. The third kappa shape index (κ3) is 3.19. The summed E-state index contributed by atoms with van der Waals surface area (Å²) < 4.78 is 1.50. The van der Waals surface area contributed by atoms with Crippen LogP contribution in [0.5, 0.6) is 0 Å². The van der Waals surface area contributed by atoms with Crippen LogP contribution in [0.25, 0.3) is 0 Å². The van der Waals surface area contributed by atoms with Crippen molar-refractivity contribution < 1.29 is 9.90 Å². The van der Waals surface area contributed by atoms with Crippen LogP contribution in [0.15, 0.2) is 17.1 Å². The first-order chi connectivity index (χ1) is 7.15. The summed E-state index contributed by atoms with van der Waals surface area (Å²) in [5, 5.41) is 12.4. The van der Waals surface area contributed by atoms with Crippen molar-refractivity contribution in [3.8, 4) is 0 Å². The molecule has 0 atom stereocenters. The Morgan fingerprint density at radius 3 is 2.87 bits per heavy atom. The molecule has 0 aromatic carbocycles. The lowest BCUT2D eigenvalue weighted by Crippen LogP contribution is -2.20. The van der Waals surface area contributed by atoms with Gasteiger partial charge < -0.3 is 5.11 Å². The van der Waals surface area contributed by atoms with E-state index in [9.17, 15) is 9.59 Å². The number of aromatic nitrogens is 2. The minimum absolute atomic E-state index is 0.408. The zero-order chi connectivity index (χ0) is 11.3. The van der Waals surface area contributed by atoms with Crippen LogP contribution in [0.2, 0.25) is 0 Å². The molecule has 1 aromatic heterocycles. The average Bonchev–Trinajstić information content (AvgIpc) is 2.20. The number of aromatic carboxylic acids is 1. The van der Waals surface area contributed by atoms with Gasteiger partial charge in [0.2, 0.25) is 11.1 Å². The number of nitrogens with zero attached hydrogens (tertiary/aromatic N) is 2. The highest BCUT2D eigenvalue weighted by atomic mass is 16.4. The Morgan fingerprint density at radius 2 is 2.27 bits per heavy atom. The van der Waals surface area contributed by atoms with Gasteiger partial charge in [-0.25, -0.2) is 4.79 Å². The topological polar surface area (TPSA) is 72.2 Å². The summed E-state index contributed by atoms with van der Waals surface area (Å²) in [6, 6.07) is 1.24. The molecule has 0 aliphatic rings. The second-order valence-corrected chi connectivity index (χ2v) is 3.30. The van der Waals surface area contributed by atoms with Gasteiger partial charge in [0, 0.05) is 18.8 Å². The van der Waals surface area contributed by atoms with Crippen molar-refractivity contribution in [3.63, 3.8) is 0 Å². The molecular weight excluding hydrogens is 196 g/mol. The Hall–Kier alpha value is -1.65. The van der Waals surface area contributed by atoms with Crippen molar-refractivity contribution in [1.29, 1.82) is 0 Å². The van der Waals surface area contributed by atoms with Crippen LogP contribution in [0.4, 0.5) is 0 Å². The maximum atomic E-state index is 11.1. The van der Waals surface area contributed by atoms with E-state index in [1.165, 1.54) is 16.9 Å². The Morgan fingerprint density at radius 1 is 1.53 bits per heavy atom. The van der Waals surface area contributed by atoms with E-state index in [1.54, 1.807) is 0 Å². The van der Waals surface area contributed by atoms with Crippen LogP contribution in [0.3, 0.4) is 0 Å². The van der Waals surface area contributed by atoms with E-state index >= 15 is 0 Å². The molecule has 1 heterocycles. The average molecular weight is 210 g/mol. The number of hydrogen-bond donors (Lipinski definition) is 1. The van der Waals surface area contributed by atoms with Gasteiger partial charge in [0.25, 0.3) is 0 Å². The van der Waals surface area contributed by atoms with E-state index in [0.29, 0.717) is 6.54 Å². The van der Waals surface area contributed by atoms with Gasteiger partial charge in [-0.3, -0.25) is 9.48 Å². The van der Waals surface area contributed by atoms with Crippen LogP contribution in [0.1, 0.15) is 36.7 Å².